The third kappa shape index (κ3) is 4.01. The summed E-state index contributed by atoms with van der Waals surface area (Å²) in [6, 6.07) is 14.5. The van der Waals surface area contributed by atoms with Gasteiger partial charge in [0.15, 0.2) is 0 Å². The zero-order valence-electron chi connectivity index (χ0n) is 14.4. The maximum absolute atomic E-state index is 6.32. The first-order valence-electron chi connectivity index (χ1n) is 8.73. The van der Waals surface area contributed by atoms with E-state index in [4.69, 9.17) is 16.2 Å². The molecule has 0 saturated heterocycles. The van der Waals surface area contributed by atoms with Gasteiger partial charge in [0.05, 0.1) is 18.0 Å². The van der Waals surface area contributed by atoms with Gasteiger partial charge in [0, 0.05) is 19.1 Å². The van der Waals surface area contributed by atoms with Crippen LogP contribution in [0.2, 0.25) is 0 Å². The molecule has 4 heteroatoms. The molecule has 0 fully saturated rings. The first kappa shape index (κ1) is 16.7. The van der Waals surface area contributed by atoms with E-state index in [1.165, 1.54) is 16.8 Å². The van der Waals surface area contributed by atoms with E-state index in [0.29, 0.717) is 0 Å². The lowest BCUT2D eigenvalue weighted by atomic mass is 10.0. The third-order valence-corrected chi connectivity index (χ3v) is 4.39. The molecule has 2 aromatic rings. The van der Waals surface area contributed by atoms with Crippen molar-refractivity contribution in [2.24, 2.45) is 5.73 Å². The van der Waals surface area contributed by atoms with Crippen LogP contribution in [0.1, 0.15) is 24.5 Å². The second-order valence-electron chi connectivity index (χ2n) is 6.63. The van der Waals surface area contributed by atoms with Crippen LogP contribution in [-0.2, 0) is 12.8 Å². The molecule has 0 bridgehead atoms. The normalized spacial score (nSPS) is 14.5. The molecule has 0 radical (unpaired) electrons. The summed E-state index contributed by atoms with van der Waals surface area (Å²) in [5.74, 6) is 0.930. The van der Waals surface area contributed by atoms with Gasteiger partial charge in [-0.05, 0) is 55.5 Å². The summed E-state index contributed by atoms with van der Waals surface area (Å²) in [5, 5.41) is 0. The number of ether oxygens (including phenoxy) is 1. The zero-order valence-corrected chi connectivity index (χ0v) is 14.4. The Balaban J connectivity index is 1.56. The minimum absolute atomic E-state index is 0.162. The van der Waals surface area contributed by atoms with Crippen LogP contribution in [0.3, 0.4) is 0 Å². The molecule has 2 aromatic carbocycles. The average molecular weight is 325 g/mol. The van der Waals surface area contributed by atoms with Crippen LogP contribution in [0.4, 0.5) is 11.4 Å². The summed E-state index contributed by atoms with van der Waals surface area (Å²) in [6.45, 7) is 4.75. The van der Waals surface area contributed by atoms with E-state index < -0.39 is 0 Å². The molecule has 0 aliphatic carbocycles. The van der Waals surface area contributed by atoms with Gasteiger partial charge in [-0.2, -0.15) is 0 Å². The summed E-state index contributed by atoms with van der Waals surface area (Å²) in [7, 11) is 0. The number of rotatable bonds is 7. The van der Waals surface area contributed by atoms with Gasteiger partial charge in [0.2, 0.25) is 0 Å². The highest BCUT2D eigenvalue weighted by molar-refractivity contribution is 5.75. The number of nitrogen functional groups attached to an aromatic ring is 1. The molecule has 3 rings (SSSR count). The highest BCUT2D eigenvalue weighted by atomic mass is 16.5. The second-order valence-corrected chi connectivity index (χ2v) is 6.63. The Morgan fingerprint density at radius 3 is 2.75 bits per heavy atom. The minimum atomic E-state index is 0.162. The Labute approximate surface area is 144 Å². The fourth-order valence-corrected chi connectivity index (χ4v) is 3.41. The molecule has 4 N–H and O–H groups in total. The number of hydrogen-bond donors (Lipinski definition) is 2. The van der Waals surface area contributed by atoms with Crippen molar-refractivity contribution in [1.82, 2.24) is 0 Å². The Morgan fingerprint density at radius 2 is 2.00 bits per heavy atom. The number of fused-ring (bicyclic) bond motifs is 1. The molecule has 1 heterocycles. The first-order valence-corrected chi connectivity index (χ1v) is 8.73. The monoisotopic (exact) mass is 325 g/mol. The SMILES string of the molecule is C[C@@H](N)Cc1cc(N)c2c(c1)CCN2CCCOc1ccccc1. The maximum Gasteiger partial charge on any atom is 0.119 e. The van der Waals surface area contributed by atoms with Crippen molar-refractivity contribution in [3.8, 4) is 5.75 Å². The number of nitrogens with zero attached hydrogens (tertiary/aromatic N) is 1. The lowest BCUT2D eigenvalue weighted by molar-refractivity contribution is 0.312. The van der Waals surface area contributed by atoms with Crippen LogP contribution in [0.15, 0.2) is 42.5 Å². The van der Waals surface area contributed by atoms with Gasteiger partial charge >= 0.3 is 0 Å². The van der Waals surface area contributed by atoms with Crippen LogP contribution in [0.5, 0.6) is 5.75 Å². The van der Waals surface area contributed by atoms with Gasteiger partial charge < -0.3 is 21.1 Å². The average Bonchev–Trinajstić information content (AvgIpc) is 2.95. The molecule has 128 valence electrons. The van der Waals surface area contributed by atoms with E-state index in [-0.39, 0.29) is 6.04 Å². The van der Waals surface area contributed by atoms with Gasteiger partial charge in [-0.15, -0.1) is 0 Å². The number of para-hydroxylation sites is 1. The quantitative estimate of drug-likeness (QED) is 0.607. The summed E-state index contributed by atoms with van der Waals surface area (Å²) in [4.78, 5) is 2.38. The van der Waals surface area contributed by atoms with Crippen LogP contribution < -0.4 is 21.1 Å². The molecule has 1 aliphatic rings. The largest absolute Gasteiger partial charge is 0.494 e. The molecule has 1 aliphatic heterocycles. The standard InChI is InChI=1S/C20H27N3O/c1-15(21)12-16-13-17-8-10-23(20(17)19(22)14-16)9-5-11-24-18-6-3-2-4-7-18/h2-4,6-7,13-15H,5,8-12,21-22H2,1H3/t15-/m1/s1. The Hall–Kier alpha value is -2.20. The van der Waals surface area contributed by atoms with Gasteiger partial charge in [0.1, 0.15) is 5.75 Å². The van der Waals surface area contributed by atoms with Gasteiger partial charge in [-0.25, -0.2) is 0 Å². The Kier molecular flexibility index (Phi) is 5.26. The molecule has 0 unspecified atom stereocenters. The molecule has 24 heavy (non-hydrogen) atoms. The fourth-order valence-electron chi connectivity index (χ4n) is 3.41. The highest BCUT2D eigenvalue weighted by Gasteiger charge is 2.22. The summed E-state index contributed by atoms with van der Waals surface area (Å²) < 4.78 is 5.78. The van der Waals surface area contributed by atoms with E-state index in [2.05, 4.69) is 17.0 Å². The van der Waals surface area contributed by atoms with Crippen LogP contribution in [0, 0.1) is 0 Å². The molecule has 4 nitrogen and oxygen atoms in total. The summed E-state index contributed by atoms with van der Waals surface area (Å²) in [5.41, 5.74) is 16.9. The predicted octanol–water partition coefficient (Wildman–Crippen LogP) is 2.99. The lowest BCUT2D eigenvalue weighted by Crippen LogP contribution is -2.24. The maximum atomic E-state index is 6.32. The van der Waals surface area contributed by atoms with Crippen LogP contribution in [0.25, 0.3) is 0 Å². The van der Waals surface area contributed by atoms with Crippen molar-refractivity contribution in [1.29, 1.82) is 0 Å². The highest BCUT2D eigenvalue weighted by Crippen LogP contribution is 2.35. The molecule has 0 amide bonds. The number of nitrogens with two attached hydrogens (primary N) is 2. The molecule has 0 saturated carbocycles. The lowest BCUT2D eigenvalue weighted by Gasteiger charge is -2.21. The predicted molar refractivity (Wildman–Crippen MR) is 101 cm³/mol. The molecule has 0 spiro atoms. The summed E-state index contributed by atoms with van der Waals surface area (Å²) in [6.07, 6.45) is 2.92. The molecule has 0 aromatic heterocycles. The van der Waals surface area contributed by atoms with E-state index in [9.17, 15) is 0 Å². The zero-order chi connectivity index (χ0) is 16.9. The van der Waals surface area contributed by atoms with Crippen molar-refractivity contribution in [2.75, 3.05) is 30.3 Å². The molecular formula is C20H27N3O. The first-order chi connectivity index (χ1) is 11.6. The number of benzene rings is 2. The van der Waals surface area contributed by atoms with Gasteiger partial charge in [-0.3, -0.25) is 0 Å². The van der Waals surface area contributed by atoms with E-state index in [1.54, 1.807) is 0 Å². The Morgan fingerprint density at radius 1 is 1.21 bits per heavy atom. The second kappa shape index (κ2) is 7.58. The van der Waals surface area contributed by atoms with Crippen molar-refractivity contribution in [2.45, 2.75) is 32.2 Å². The van der Waals surface area contributed by atoms with Crippen molar-refractivity contribution >= 4 is 11.4 Å². The fraction of sp³-hybridized carbons (Fsp3) is 0.400. The molecular weight excluding hydrogens is 298 g/mol. The topological polar surface area (TPSA) is 64.5 Å². The van der Waals surface area contributed by atoms with E-state index in [1.807, 2.05) is 37.3 Å². The minimum Gasteiger partial charge on any atom is -0.494 e. The smallest absolute Gasteiger partial charge is 0.119 e. The van der Waals surface area contributed by atoms with Crippen molar-refractivity contribution in [3.05, 3.63) is 53.6 Å². The van der Waals surface area contributed by atoms with Crippen molar-refractivity contribution in [3.63, 3.8) is 0 Å². The van der Waals surface area contributed by atoms with E-state index >= 15 is 0 Å². The summed E-state index contributed by atoms with van der Waals surface area (Å²) >= 11 is 0. The van der Waals surface area contributed by atoms with Gasteiger partial charge in [-0.1, -0.05) is 24.3 Å². The third-order valence-electron chi connectivity index (χ3n) is 4.39. The Bertz CT molecular complexity index is 670. The van der Waals surface area contributed by atoms with E-state index in [0.717, 1.165) is 50.4 Å². The van der Waals surface area contributed by atoms with Gasteiger partial charge in [0.25, 0.3) is 0 Å². The molecule has 1 atom stereocenters. The van der Waals surface area contributed by atoms with Crippen molar-refractivity contribution < 1.29 is 4.74 Å². The number of anilines is 2. The number of hydrogen-bond acceptors (Lipinski definition) is 4. The van der Waals surface area contributed by atoms with Crippen LogP contribution >= 0.6 is 0 Å². The van der Waals surface area contributed by atoms with Crippen LogP contribution in [-0.4, -0.2) is 25.7 Å².